The fraction of sp³-hybridized carbons (Fsp3) is 1.00. The summed E-state index contributed by atoms with van der Waals surface area (Å²) in [6, 6.07) is 0. The minimum Gasteiger partial charge on any atom is -0.265 e. The first-order chi connectivity index (χ1) is 6.06. The number of rotatable bonds is 2. The number of nitrogens with zero attached hydrogens (tertiary/aromatic N) is 1. The molecule has 0 bridgehead atoms. The van der Waals surface area contributed by atoms with Gasteiger partial charge >= 0.3 is 0 Å². The molecular formula is C9H22N2OSSi. The van der Waals surface area contributed by atoms with Gasteiger partial charge in [0.05, 0.1) is 15.2 Å². The molecule has 1 unspecified atom stereocenters. The van der Waals surface area contributed by atoms with Crippen molar-refractivity contribution in [1.82, 2.24) is 0 Å². The maximum absolute atomic E-state index is 12.1. The molecule has 0 aromatic rings. The summed E-state index contributed by atoms with van der Waals surface area (Å²) < 4.78 is 16.6. The highest BCUT2D eigenvalue weighted by Crippen LogP contribution is 2.39. The summed E-state index contributed by atoms with van der Waals surface area (Å²) in [6.45, 7) is 10.8. The van der Waals surface area contributed by atoms with Gasteiger partial charge in [0.1, 0.15) is 0 Å². The van der Waals surface area contributed by atoms with Crippen LogP contribution in [0.25, 0.3) is 0 Å². The summed E-state index contributed by atoms with van der Waals surface area (Å²) in [7, 11) is -4.23. The van der Waals surface area contributed by atoms with E-state index in [9.17, 15) is 4.21 Å². The molecule has 0 heterocycles. The first-order valence-electron chi connectivity index (χ1n) is 5.11. The molecule has 1 rings (SSSR count). The third-order valence-corrected chi connectivity index (χ3v) is 11.3. The van der Waals surface area contributed by atoms with Crippen LogP contribution in [0.4, 0.5) is 0 Å². The highest BCUT2D eigenvalue weighted by Gasteiger charge is 2.40. The van der Waals surface area contributed by atoms with Crippen molar-refractivity contribution in [2.24, 2.45) is 9.17 Å². The summed E-state index contributed by atoms with van der Waals surface area (Å²) in [4.78, 5) is 0. The lowest BCUT2D eigenvalue weighted by molar-refractivity contribution is 0.675. The normalized spacial score (nSPS) is 23.0. The second-order valence-corrected chi connectivity index (χ2v) is 13.0. The Bertz CT molecular complexity index is 333. The van der Waals surface area contributed by atoms with Crippen LogP contribution >= 0.6 is 0 Å². The summed E-state index contributed by atoms with van der Waals surface area (Å²) in [5, 5.41) is 6.11. The Morgan fingerprint density at radius 2 is 1.79 bits per heavy atom. The maximum Gasteiger partial charge on any atom is 0.194 e. The molecule has 1 saturated carbocycles. The molecule has 0 saturated heterocycles. The Hall–Kier alpha value is 0.127. The predicted molar refractivity (Wildman–Crippen MR) is 65.0 cm³/mol. The van der Waals surface area contributed by atoms with Crippen molar-refractivity contribution in [2.75, 3.05) is 0 Å². The third-order valence-electron chi connectivity index (χ3n) is 3.21. The Labute approximate surface area is 88.9 Å². The molecule has 0 aliphatic heterocycles. The van der Waals surface area contributed by atoms with Gasteiger partial charge in [0.2, 0.25) is 0 Å². The standard InChI is InChI=1S/C9H22N2OSSi/c1-9(2,3)14(4,5)11-13(10,12)8-6-7-8/h8H,6-7H2,1-5H3,(H2,10,11,12). The Kier molecular flexibility index (Phi) is 2.89. The Morgan fingerprint density at radius 3 is 2.07 bits per heavy atom. The van der Waals surface area contributed by atoms with Crippen molar-refractivity contribution in [3.05, 3.63) is 0 Å². The molecule has 5 heteroatoms. The molecule has 1 aliphatic carbocycles. The maximum atomic E-state index is 12.1. The minimum atomic E-state index is -2.39. The molecule has 1 fully saturated rings. The van der Waals surface area contributed by atoms with E-state index in [4.69, 9.17) is 5.14 Å². The van der Waals surface area contributed by atoms with Crippen LogP contribution in [0.1, 0.15) is 33.6 Å². The zero-order valence-corrected chi connectivity index (χ0v) is 11.6. The molecule has 0 spiro atoms. The van der Waals surface area contributed by atoms with Crippen LogP contribution in [0.2, 0.25) is 18.1 Å². The van der Waals surface area contributed by atoms with E-state index in [-0.39, 0.29) is 10.3 Å². The first-order valence-corrected chi connectivity index (χ1v) is 9.70. The zero-order chi connectivity index (χ0) is 11.2. The molecule has 2 N–H and O–H groups in total. The van der Waals surface area contributed by atoms with Crippen molar-refractivity contribution >= 4 is 18.2 Å². The lowest BCUT2D eigenvalue weighted by atomic mass is 10.2. The van der Waals surface area contributed by atoms with Crippen LogP contribution in [-0.2, 0) is 9.92 Å². The molecule has 1 aliphatic rings. The predicted octanol–water partition coefficient (Wildman–Crippen LogP) is 2.50. The van der Waals surface area contributed by atoms with Gasteiger partial charge in [-0.05, 0) is 31.0 Å². The molecule has 3 nitrogen and oxygen atoms in total. The van der Waals surface area contributed by atoms with Crippen LogP contribution in [0.15, 0.2) is 4.03 Å². The average molecular weight is 234 g/mol. The third kappa shape index (κ3) is 2.58. The monoisotopic (exact) mass is 234 g/mol. The fourth-order valence-corrected chi connectivity index (χ4v) is 6.33. The second kappa shape index (κ2) is 3.32. The van der Waals surface area contributed by atoms with Gasteiger partial charge in [0, 0.05) is 0 Å². The molecule has 0 aromatic heterocycles. The van der Waals surface area contributed by atoms with E-state index < -0.39 is 18.2 Å². The molecule has 0 radical (unpaired) electrons. The largest absolute Gasteiger partial charge is 0.265 e. The van der Waals surface area contributed by atoms with Crippen molar-refractivity contribution < 1.29 is 4.21 Å². The van der Waals surface area contributed by atoms with Gasteiger partial charge in [-0.25, -0.2) is 9.35 Å². The lowest BCUT2D eigenvalue weighted by Gasteiger charge is -2.32. The highest BCUT2D eigenvalue weighted by atomic mass is 32.2. The van der Waals surface area contributed by atoms with E-state index in [0.717, 1.165) is 12.8 Å². The van der Waals surface area contributed by atoms with Crippen molar-refractivity contribution in [2.45, 2.75) is 57.0 Å². The molecular weight excluding hydrogens is 212 g/mol. The van der Waals surface area contributed by atoms with Gasteiger partial charge in [0.15, 0.2) is 8.24 Å². The van der Waals surface area contributed by atoms with Gasteiger partial charge in [-0.2, -0.15) is 0 Å². The number of hydrogen-bond donors (Lipinski definition) is 1. The van der Waals surface area contributed by atoms with Gasteiger partial charge < -0.3 is 0 Å². The van der Waals surface area contributed by atoms with E-state index >= 15 is 0 Å². The SMILES string of the molecule is CC(C)(C)[Si](C)(C)N=S(N)(=O)C1CC1. The van der Waals surface area contributed by atoms with Crippen LogP contribution in [0, 0.1) is 0 Å². The Morgan fingerprint density at radius 1 is 1.36 bits per heavy atom. The van der Waals surface area contributed by atoms with Crippen LogP contribution in [-0.4, -0.2) is 17.7 Å². The van der Waals surface area contributed by atoms with E-state index in [1.807, 2.05) is 0 Å². The first kappa shape index (κ1) is 12.2. The topological polar surface area (TPSA) is 55.4 Å². The Balaban J connectivity index is 3.01. The van der Waals surface area contributed by atoms with Gasteiger partial charge in [0.25, 0.3) is 0 Å². The minimum absolute atomic E-state index is 0.129. The summed E-state index contributed by atoms with van der Waals surface area (Å²) in [6.07, 6.45) is 1.99. The van der Waals surface area contributed by atoms with Gasteiger partial charge in [-0.3, -0.25) is 4.03 Å². The molecule has 84 valence electrons. The van der Waals surface area contributed by atoms with E-state index in [0.29, 0.717) is 0 Å². The highest BCUT2D eigenvalue weighted by molar-refractivity contribution is 7.93. The summed E-state index contributed by atoms with van der Waals surface area (Å²) >= 11 is 0. The number of hydrogen-bond acceptors (Lipinski definition) is 2. The van der Waals surface area contributed by atoms with Gasteiger partial charge in [-0.15, -0.1) is 0 Å². The molecule has 0 aromatic carbocycles. The molecule has 1 atom stereocenters. The quantitative estimate of drug-likeness (QED) is 0.733. The van der Waals surface area contributed by atoms with Crippen LogP contribution < -0.4 is 5.14 Å². The number of nitrogens with two attached hydrogens (primary N) is 1. The summed E-state index contributed by atoms with van der Waals surface area (Å²) in [5.41, 5.74) is 0. The summed E-state index contributed by atoms with van der Waals surface area (Å²) in [5.74, 6) is 0. The molecule has 14 heavy (non-hydrogen) atoms. The second-order valence-electron chi connectivity index (χ2n) is 5.71. The fourth-order valence-electron chi connectivity index (χ4n) is 0.974. The zero-order valence-electron chi connectivity index (χ0n) is 9.83. The lowest BCUT2D eigenvalue weighted by Crippen LogP contribution is -2.38. The van der Waals surface area contributed by atoms with Gasteiger partial charge in [-0.1, -0.05) is 20.8 Å². The van der Waals surface area contributed by atoms with Crippen LogP contribution in [0.5, 0.6) is 0 Å². The van der Waals surface area contributed by atoms with E-state index in [1.54, 1.807) is 0 Å². The van der Waals surface area contributed by atoms with Crippen molar-refractivity contribution in [1.29, 1.82) is 0 Å². The van der Waals surface area contributed by atoms with E-state index in [2.05, 4.69) is 37.9 Å². The average Bonchev–Trinajstić information content (AvgIpc) is 2.59. The smallest absolute Gasteiger partial charge is 0.194 e. The van der Waals surface area contributed by atoms with E-state index in [1.165, 1.54) is 0 Å². The van der Waals surface area contributed by atoms with Crippen LogP contribution in [0.3, 0.4) is 0 Å². The van der Waals surface area contributed by atoms with Crippen molar-refractivity contribution in [3.63, 3.8) is 0 Å². The van der Waals surface area contributed by atoms with Crippen molar-refractivity contribution in [3.8, 4) is 0 Å². The molecule has 0 amide bonds.